The molecular weight excluding hydrogens is 192 g/mol. The number of hydrogen-bond donors (Lipinski definition) is 2. The highest BCUT2D eigenvalue weighted by atomic mass is 16.4. The Labute approximate surface area is 91.4 Å². The quantitative estimate of drug-likeness (QED) is 0.737. The zero-order valence-corrected chi connectivity index (χ0v) is 9.32. The van der Waals surface area contributed by atoms with Crippen molar-refractivity contribution in [2.45, 2.75) is 44.6 Å². The first-order valence-electron chi connectivity index (χ1n) is 5.92. The maximum absolute atomic E-state index is 11.0. The molecule has 1 fully saturated rings. The van der Waals surface area contributed by atoms with E-state index in [4.69, 9.17) is 10.8 Å². The van der Waals surface area contributed by atoms with Gasteiger partial charge in [-0.25, -0.2) is 0 Å². The normalized spacial score (nSPS) is 22.5. The summed E-state index contributed by atoms with van der Waals surface area (Å²) in [4.78, 5) is 13.0. The summed E-state index contributed by atoms with van der Waals surface area (Å²) in [5.41, 5.74) is 5.51. The van der Waals surface area contributed by atoms with Gasteiger partial charge in [-0.2, -0.15) is 0 Å². The van der Waals surface area contributed by atoms with Gasteiger partial charge in [0.05, 0.1) is 0 Å². The molecular formula is C11H22N2O2. The SMILES string of the molecule is NCC(C(=O)O)N1CCCCCCCC1. The van der Waals surface area contributed by atoms with E-state index in [2.05, 4.69) is 0 Å². The fraction of sp³-hybridized carbons (Fsp3) is 0.909. The Morgan fingerprint density at radius 1 is 1.13 bits per heavy atom. The molecule has 0 bridgehead atoms. The molecule has 1 aliphatic rings. The van der Waals surface area contributed by atoms with Gasteiger partial charge in [0.25, 0.3) is 0 Å². The smallest absolute Gasteiger partial charge is 0.322 e. The molecule has 0 spiro atoms. The number of carboxylic acids is 1. The summed E-state index contributed by atoms with van der Waals surface area (Å²) < 4.78 is 0. The maximum atomic E-state index is 11.0. The van der Waals surface area contributed by atoms with E-state index in [-0.39, 0.29) is 6.54 Å². The van der Waals surface area contributed by atoms with Crippen molar-refractivity contribution in [3.05, 3.63) is 0 Å². The molecule has 1 atom stereocenters. The van der Waals surface area contributed by atoms with Gasteiger partial charge in [-0.15, -0.1) is 0 Å². The van der Waals surface area contributed by atoms with Crippen LogP contribution in [0.15, 0.2) is 0 Å². The topological polar surface area (TPSA) is 66.6 Å². The number of carbonyl (C=O) groups is 1. The van der Waals surface area contributed by atoms with E-state index in [0.717, 1.165) is 25.9 Å². The summed E-state index contributed by atoms with van der Waals surface area (Å²) in [6.07, 6.45) is 7.21. The van der Waals surface area contributed by atoms with Gasteiger partial charge in [0.2, 0.25) is 0 Å². The molecule has 1 unspecified atom stereocenters. The average molecular weight is 214 g/mol. The minimum absolute atomic E-state index is 0.218. The van der Waals surface area contributed by atoms with Gasteiger partial charge < -0.3 is 10.8 Å². The molecule has 0 aliphatic carbocycles. The third kappa shape index (κ3) is 4.18. The Balaban J connectivity index is 2.50. The van der Waals surface area contributed by atoms with Gasteiger partial charge >= 0.3 is 5.97 Å². The van der Waals surface area contributed by atoms with Crippen LogP contribution in [0.25, 0.3) is 0 Å². The van der Waals surface area contributed by atoms with Gasteiger partial charge in [0.15, 0.2) is 0 Å². The van der Waals surface area contributed by atoms with Gasteiger partial charge in [-0.1, -0.05) is 25.7 Å². The zero-order valence-electron chi connectivity index (χ0n) is 9.32. The number of rotatable bonds is 3. The van der Waals surface area contributed by atoms with Crippen LogP contribution in [0.4, 0.5) is 0 Å². The molecule has 0 amide bonds. The molecule has 0 aromatic rings. The van der Waals surface area contributed by atoms with Crippen LogP contribution in [0.1, 0.15) is 38.5 Å². The summed E-state index contributed by atoms with van der Waals surface area (Å²) in [6.45, 7) is 1.98. The summed E-state index contributed by atoms with van der Waals surface area (Å²) in [5, 5.41) is 9.04. The molecule has 0 aromatic heterocycles. The lowest BCUT2D eigenvalue weighted by Crippen LogP contribution is -2.46. The lowest BCUT2D eigenvalue weighted by atomic mass is 10.1. The fourth-order valence-corrected chi connectivity index (χ4v) is 2.17. The summed E-state index contributed by atoms with van der Waals surface area (Å²) in [7, 11) is 0. The molecule has 4 heteroatoms. The summed E-state index contributed by atoms with van der Waals surface area (Å²) in [5.74, 6) is -0.781. The van der Waals surface area contributed by atoms with Crippen molar-refractivity contribution in [3.8, 4) is 0 Å². The summed E-state index contributed by atoms with van der Waals surface area (Å²) >= 11 is 0. The number of carboxylic acid groups (broad SMARTS) is 1. The summed E-state index contributed by atoms with van der Waals surface area (Å²) in [6, 6.07) is -0.483. The third-order valence-corrected chi connectivity index (χ3v) is 3.09. The van der Waals surface area contributed by atoms with E-state index in [1.807, 2.05) is 4.90 Å². The van der Waals surface area contributed by atoms with Crippen LogP contribution in [0.2, 0.25) is 0 Å². The Hall–Kier alpha value is -0.610. The second-order valence-corrected chi connectivity index (χ2v) is 4.25. The minimum Gasteiger partial charge on any atom is -0.480 e. The zero-order chi connectivity index (χ0) is 11.1. The number of aliphatic carboxylic acids is 1. The van der Waals surface area contributed by atoms with Crippen LogP contribution in [-0.2, 0) is 4.79 Å². The van der Waals surface area contributed by atoms with Crippen molar-refractivity contribution >= 4 is 5.97 Å². The van der Waals surface area contributed by atoms with Crippen molar-refractivity contribution < 1.29 is 9.90 Å². The standard InChI is InChI=1S/C11H22N2O2/c12-9-10(11(14)15)13-7-5-3-1-2-4-6-8-13/h10H,1-9,12H2,(H,14,15). The Bertz CT molecular complexity index is 187. The van der Waals surface area contributed by atoms with Crippen LogP contribution in [0, 0.1) is 0 Å². The molecule has 0 aromatic carbocycles. The van der Waals surface area contributed by atoms with E-state index in [0.29, 0.717) is 0 Å². The van der Waals surface area contributed by atoms with E-state index < -0.39 is 12.0 Å². The molecule has 4 nitrogen and oxygen atoms in total. The van der Waals surface area contributed by atoms with Crippen LogP contribution >= 0.6 is 0 Å². The van der Waals surface area contributed by atoms with Crippen molar-refractivity contribution in [2.75, 3.05) is 19.6 Å². The van der Waals surface area contributed by atoms with E-state index >= 15 is 0 Å². The second kappa shape index (κ2) is 6.80. The molecule has 3 N–H and O–H groups in total. The average Bonchev–Trinajstić information content (AvgIpc) is 2.32. The van der Waals surface area contributed by atoms with Crippen LogP contribution in [-0.4, -0.2) is 41.7 Å². The van der Waals surface area contributed by atoms with Crippen LogP contribution in [0.5, 0.6) is 0 Å². The Morgan fingerprint density at radius 2 is 1.60 bits per heavy atom. The molecule has 1 saturated heterocycles. The van der Waals surface area contributed by atoms with Crippen molar-refractivity contribution in [3.63, 3.8) is 0 Å². The predicted octanol–water partition coefficient (Wildman–Crippen LogP) is 1.05. The van der Waals surface area contributed by atoms with Gasteiger partial charge in [-0.3, -0.25) is 9.69 Å². The van der Waals surface area contributed by atoms with Gasteiger partial charge in [-0.05, 0) is 25.9 Å². The molecule has 1 heterocycles. The first-order chi connectivity index (χ1) is 7.25. The first kappa shape index (κ1) is 12.5. The second-order valence-electron chi connectivity index (χ2n) is 4.25. The molecule has 0 saturated carbocycles. The van der Waals surface area contributed by atoms with Gasteiger partial charge in [0.1, 0.15) is 6.04 Å². The molecule has 88 valence electrons. The minimum atomic E-state index is -0.781. The monoisotopic (exact) mass is 214 g/mol. The van der Waals surface area contributed by atoms with Crippen molar-refractivity contribution in [1.82, 2.24) is 4.90 Å². The highest BCUT2D eigenvalue weighted by Crippen LogP contribution is 2.13. The van der Waals surface area contributed by atoms with Crippen LogP contribution < -0.4 is 5.73 Å². The lowest BCUT2D eigenvalue weighted by molar-refractivity contribution is -0.143. The number of nitrogens with two attached hydrogens (primary N) is 1. The highest BCUT2D eigenvalue weighted by Gasteiger charge is 2.23. The van der Waals surface area contributed by atoms with Crippen LogP contribution in [0.3, 0.4) is 0 Å². The van der Waals surface area contributed by atoms with E-state index in [1.165, 1.54) is 25.7 Å². The molecule has 1 rings (SSSR count). The lowest BCUT2D eigenvalue weighted by Gasteiger charge is -2.27. The van der Waals surface area contributed by atoms with Crippen molar-refractivity contribution in [2.24, 2.45) is 5.73 Å². The van der Waals surface area contributed by atoms with Crippen molar-refractivity contribution in [1.29, 1.82) is 0 Å². The third-order valence-electron chi connectivity index (χ3n) is 3.09. The first-order valence-corrected chi connectivity index (χ1v) is 5.92. The Morgan fingerprint density at radius 3 is 2.00 bits per heavy atom. The van der Waals surface area contributed by atoms with Gasteiger partial charge in [0, 0.05) is 6.54 Å². The van der Waals surface area contributed by atoms with E-state index in [9.17, 15) is 4.79 Å². The van der Waals surface area contributed by atoms with E-state index in [1.54, 1.807) is 0 Å². The highest BCUT2D eigenvalue weighted by molar-refractivity contribution is 5.73. The fourth-order valence-electron chi connectivity index (χ4n) is 2.17. The molecule has 0 radical (unpaired) electrons. The number of nitrogens with zero attached hydrogens (tertiary/aromatic N) is 1. The number of hydrogen-bond acceptors (Lipinski definition) is 3. The largest absolute Gasteiger partial charge is 0.480 e. The molecule has 1 aliphatic heterocycles. The maximum Gasteiger partial charge on any atom is 0.322 e. The molecule has 15 heavy (non-hydrogen) atoms. The Kier molecular flexibility index (Phi) is 5.65. The predicted molar refractivity (Wildman–Crippen MR) is 59.8 cm³/mol.